The van der Waals surface area contributed by atoms with Crippen LogP contribution in [0.15, 0.2) is 61.1 Å². The highest BCUT2D eigenvalue weighted by molar-refractivity contribution is 7.19. The molecule has 3 heterocycles. The van der Waals surface area contributed by atoms with E-state index in [9.17, 15) is 4.79 Å². The number of ether oxygens (including phenoxy) is 1. The van der Waals surface area contributed by atoms with Gasteiger partial charge in [-0.15, -0.1) is 0 Å². The van der Waals surface area contributed by atoms with Crippen LogP contribution >= 0.6 is 11.3 Å². The molecule has 4 rings (SSSR count). The molecule has 0 spiro atoms. The van der Waals surface area contributed by atoms with Crippen molar-refractivity contribution in [3.63, 3.8) is 0 Å². The second-order valence-electron chi connectivity index (χ2n) is 5.96. The Balaban J connectivity index is 1.62. The Bertz CT molecular complexity index is 1120. The van der Waals surface area contributed by atoms with Crippen molar-refractivity contribution >= 4 is 22.4 Å². The van der Waals surface area contributed by atoms with Gasteiger partial charge in [-0.05, 0) is 24.3 Å². The third kappa shape index (κ3) is 3.49. The van der Waals surface area contributed by atoms with E-state index >= 15 is 0 Å². The topological polar surface area (TPSA) is 81.9 Å². The summed E-state index contributed by atoms with van der Waals surface area (Å²) in [5.41, 5.74) is 2.57. The van der Waals surface area contributed by atoms with Crippen molar-refractivity contribution in [2.45, 2.75) is 0 Å². The zero-order chi connectivity index (χ0) is 19.5. The molecular formula is C20H17N5O2S. The molecule has 0 bridgehead atoms. The fourth-order valence-electron chi connectivity index (χ4n) is 2.82. The van der Waals surface area contributed by atoms with Crippen molar-refractivity contribution in [1.82, 2.24) is 19.7 Å². The van der Waals surface area contributed by atoms with Gasteiger partial charge in [0.05, 0.1) is 23.2 Å². The zero-order valence-electron chi connectivity index (χ0n) is 15.3. The zero-order valence-corrected chi connectivity index (χ0v) is 16.1. The fraction of sp³-hybridized carbons (Fsp3) is 0.100. The maximum atomic E-state index is 12.9. The summed E-state index contributed by atoms with van der Waals surface area (Å²) >= 11 is 1.37. The number of benzene rings is 1. The number of nitrogens with zero attached hydrogens (tertiary/aromatic N) is 4. The number of amides is 1. The van der Waals surface area contributed by atoms with E-state index < -0.39 is 0 Å². The maximum Gasteiger partial charge on any atom is 0.261 e. The maximum absolute atomic E-state index is 12.9. The molecule has 0 aliphatic heterocycles. The van der Waals surface area contributed by atoms with E-state index in [1.165, 1.54) is 11.3 Å². The third-order valence-corrected chi connectivity index (χ3v) is 5.01. The number of aromatic nitrogens is 4. The van der Waals surface area contributed by atoms with Gasteiger partial charge in [-0.2, -0.15) is 5.10 Å². The molecule has 0 atom stereocenters. The summed E-state index contributed by atoms with van der Waals surface area (Å²) in [4.78, 5) is 22.4. The molecule has 140 valence electrons. The molecule has 0 saturated heterocycles. The third-order valence-electron chi connectivity index (χ3n) is 4.08. The SMILES string of the molecule is COc1ccccc1-c1nn(C)cc1C(=O)Nc1ncc(-c2ccccn2)s1. The number of carbonyl (C=O) groups excluding carboxylic acids is 1. The van der Waals surface area contributed by atoms with Crippen molar-refractivity contribution in [2.75, 3.05) is 12.4 Å². The molecule has 0 fully saturated rings. The summed E-state index contributed by atoms with van der Waals surface area (Å²) in [7, 11) is 3.37. The van der Waals surface area contributed by atoms with E-state index in [0.717, 1.165) is 16.1 Å². The van der Waals surface area contributed by atoms with E-state index in [2.05, 4.69) is 20.4 Å². The van der Waals surface area contributed by atoms with Gasteiger partial charge in [-0.1, -0.05) is 29.5 Å². The minimum absolute atomic E-state index is 0.282. The average molecular weight is 391 g/mol. The number of methoxy groups -OCH3 is 1. The molecule has 8 heteroatoms. The lowest BCUT2D eigenvalue weighted by molar-refractivity contribution is 0.102. The number of hydrogen-bond donors (Lipinski definition) is 1. The van der Waals surface area contributed by atoms with Crippen LogP contribution in [-0.4, -0.2) is 32.8 Å². The monoisotopic (exact) mass is 391 g/mol. The van der Waals surface area contributed by atoms with Gasteiger partial charge in [-0.3, -0.25) is 19.8 Å². The minimum atomic E-state index is -0.282. The van der Waals surface area contributed by atoms with E-state index in [-0.39, 0.29) is 5.91 Å². The molecule has 0 radical (unpaired) electrons. The highest BCUT2D eigenvalue weighted by atomic mass is 32.1. The average Bonchev–Trinajstić information content (AvgIpc) is 3.35. The minimum Gasteiger partial charge on any atom is -0.496 e. The lowest BCUT2D eigenvalue weighted by Crippen LogP contribution is -2.12. The number of carbonyl (C=O) groups is 1. The molecule has 7 nitrogen and oxygen atoms in total. The van der Waals surface area contributed by atoms with Crippen LogP contribution in [0.3, 0.4) is 0 Å². The molecule has 3 aromatic heterocycles. The number of nitrogens with one attached hydrogen (secondary N) is 1. The lowest BCUT2D eigenvalue weighted by atomic mass is 10.1. The van der Waals surface area contributed by atoms with Crippen LogP contribution in [0.4, 0.5) is 5.13 Å². The van der Waals surface area contributed by atoms with Crippen LogP contribution in [0.5, 0.6) is 5.75 Å². The highest BCUT2D eigenvalue weighted by Crippen LogP contribution is 2.32. The smallest absolute Gasteiger partial charge is 0.261 e. The van der Waals surface area contributed by atoms with Crippen LogP contribution in [0.25, 0.3) is 21.8 Å². The van der Waals surface area contributed by atoms with E-state index in [4.69, 9.17) is 4.74 Å². The Hall–Kier alpha value is -3.52. The Labute approximate surface area is 165 Å². The molecule has 0 saturated carbocycles. The first kappa shape index (κ1) is 17.9. The Morgan fingerprint density at radius 2 is 1.96 bits per heavy atom. The van der Waals surface area contributed by atoms with Gasteiger partial charge in [-0.25, -0.2) is 4.98 Å². The quantitative estimate of drug-likeness (QED) is 0.558. The molecule has 4 aromatic rings. The molecular weight excluding hydrogens is 374 g/mol. The predicted octanol–water partition coefficient (Wildman–Crippen LogP) is 3.87. The number of thiazole rings is 1. The van der Waals surface area contributed by atoms with E-state index in [1.54, 1.807) is 37.4 Å². The first-order valence-electron chi connectivity index (χ1n) is 8.51. The van der Waals surface area contributed by atoms with E-state index in [1.807, 2.05) is 42.5 Å². The van der Waals surface area contributed by atoms with Gasteiger partial charge in [0.25, 0.3) is 5.91 Å². The van der Waals surface area contributed by atoms with Gasteiger partial charge >= 0.3 is 0 Å². The van der Waals surface area contributed by atoms with Gasteiger partial charge in [0.2, 0.25) is 0 Å². The number of aryl methyl sites for hydroxylation is 1. The standard InChI is InChI=1S/C20H17N5O2S/c1-25-12-14(18(24-25)13-7-3-4-9-16(13)27-2)19(26)23-20-22-11-17(28-20)15-8-5-6-10-21-15/h3-12H,1-2H3,(H,22,23,26). The molecule has 0 aliphatic carbocycles. The van der Waals surface area contributed by atoms with Gasteiger partial charge in [0.1, 0.15) is 11.4 Å². The number of para-hydroxylation sites is 1. The van der Waals surface area contributed by atoms with Crippen LogP contribution in [-0.2, 0) is 7.05 Å². The summed E-state index contributed by atoms with van der Waals surface area (Å²) in [5.74, 6) is 0.373. The van der Waals surface area contributed by atoms with E-state index in [0.29, 0.717) is 22.1 Å². The first-order valence-corrected chi connectivity index (χ1v) is 9.33. The predicted molar refractivity (Wildman–Crippen MR) is 108 cm³/mol. The lowest BCUT2D eigenvalue weighted by Gasteiger charge is -2.07. The van der Waals surface area contributed by atoms with Gasteiger partial charge < -0.3 is 4.74 Å². The molecule has 0 aliphatic rings. The Morgan fingerprint density at radius 3 is 2.75 bits per heavy atom. The highest BCUT2D eigenvalue weighted by Gasteiger charge is 2.20. The number of rotatable bonds is 5. The summed E-state index contributed by atoms with van der Waals surface area (Å²) in [6.45, 7) is 0. The number of anilines is 1. The van der Waals surface area contributed by atoms with Crippen LogP contribution in [0.2, 0.25) is 0 Å². The Morgan fingerprint density at radius 1 is 1.14 bits per heavy atom. The van der Waals surface area contributed by atoms with Crippen LogP contribution < -0.4 is 10.1 Å². The van der Waals surface area contributed by atoms with Crippen molar-refractivity contribution in [1.29, 1.82) is 0 Å². The largest absolute Gasteiger partial charge is 0.496 e. The first-order chi connectivity index (χ1) is 13.7. The van der Waals surface area contributed by atoms with Crippen LogP contribution in [0, 0.1) is 0 Å². The summed E-state index contributed by atoms with van der Waals surface area (Å²) < 4.78 is 7.03. The second kappa shape index (κ2) is 7.61. The number of hydrogen-bond acceptors (Lipinski definition) is 6. The summed E-state index contributed by atoms with van der Waals surface area (Å²) in [6.07, 6.45) is 5.11. The van der Waals surface area contributed by atoms with Crippen molar-refractivity contribution in [2.24, 2.45) is 7.05 Å². The normalized spacial score (nSPS) is 10.6. The van der Waals surface area contributed by atoms with Gasteiger partial charge in [0.15, 0.2) is 5.13 Å². The Kier molecular flexibility index (Phi) is 4.86. The fourth-order valence-corrected chi connectivity index (χ4v) is 3.61. The second-order valence-corrected chi connectivity index (χ2v) is 6.99. The number of pyridine rings is 1. The van der Waals surface area contributed by atoms with Crippen molar-refractivity contribution < 1.29 is 9.53 Å². The van der Waals surface area contributed by atoms with Crippen molar-refractivity contribution in [3.05, 3.63) is 66.6 Å². The van der Waals surface area contributed by atoms with Crippen LogP contribution in [0.1, 0.15) is 10.4 Å². The molecule has 1 N–H and O–H groups in total. The molecule has 0 unspecified atom stereocenters. The molecule has 28 heavy (non-hydrogen) atoms. The molecule has 1 amide bonds. The van der Waals surface area contributed by atoms with Crippen molar-refractivity contribution in [3.8, 4) is 27.6 Å². The molecule has 1 aromatic carbocycles. The summed E-state index contributed by atoms with van der Waals surface area (Å²) in [6, 6.07) is 13.1. The van der Waals surface area contributed by atoms with Gasteiger partial charge in [0, 0.05) is 31.2 Å². The summed E-state index contributed by atoms with van der Waals surface area (Å²) in [5, 5.41) is 7.81.